The molecule has 0 aromatic heterocycles. The molecule has 1 aromatic carbocycles. The van der Waals surface area contributed by atoms with E-state index in [1.165, 1.54) is 6.42 Å². The fourth-order valence-corrected chi connectivity index (χ4v) is 5.96. The highest BCUT2D eigenvalue weighted by Crippen LogP contribution is 2.42. The third kappa shape index (κ3) is 4.86. The fourth-order valence-electron chi connectivity index (χ4n) is 4.50. The van der Waals surface area contributed by atoms with E-state index in [2.05, 4.69) is 18.3 Å². The summed E-state index contributed by atoms with van der Waals surface area (Å²) in [4.78, 5) is 28.5. The first-order chi connectivity index (χ1) is 14.1. The Kier molecular flexibility index (Phi) is 6.60. The molecule has 1 aromatic rings. The molecule has 2 saturated heterocycles. The van der Waals surface area contributed by atoms with E-state index in [9.17, 15) is 9.59 Å². The first kappa shape index (κ1) is 20.5. The molecular weight excluding hydrogens is 384 g/mol. The highest BCUT2D eigenvalue weighted by atomic mass is 32.2. The van der Waals surface area contributed by atoms with E-state index in [0.717, 1.165) is 54.7 Å². The topological polar surface area (TPSA) is 58.6 Å². The van der Waals surface area contributed by atoms with E-state index in [4.69, 9.17) is 4.74 Å². The van der Waals surface area contributed by atoms with Crippen LogP contribution in [0.15, 0.2) is 29.2 Å². The Morgan fingerprint density at radius 3 is 2.86 bits per heavy atom. The van der Waals surface area contributed by atoms with Crippen molar-refractivity contribution in [2.45, 2.75) is 62.8 Å². The average Bonchev–Trinajstić information content (AvgIpc) is 3.25. The predicted molar refractivity (Wildman–Crippen MR) is 116 cm³/mol. The molecule has 1 N–H and O–H groups in total. The number of nitrogens with one attached hydrogen (secondary N) is 1. The number of amides is 2. The first-order valence-electron chi connectivity index (χ1n) is 10.7. The van der Waals surface area contributed by atoms with Crippen molar-refractivity contribution in [2.24, 2.45) is 0 Å². The quantitative estimate of drug-likeness (QED) is 0.749. The van der Waals surface area contributed by atoms with Crippen molar-refractivity contribution >= 4 is 29.7 Å². The Bertz CT molecular complexity index is 788. The summed E-state index contributed by atoms with van der Waals surface area (Å²) >= 11 is 1.71. The van der Waals surface area contributed by atoms with Gasteiger partial charge in [0.25, 0.3) is 5.91 Å². The molecule has 1 saturated carbocycles. The fraction of sp³-hybridized carbons (Fsp3) is 0.565. The van der Waals surface area contributed by atoms with Crippen LogP contribution < -0.4 is 5.32 Å². The maximum atomic E-state index is 13.3. The number of nitrogens with zero attached hydrogens (tertiary/aromatic N) is 1. The van der Waals surface area contributed by atoms with Gasteiger partial charge in [-0.05, 0) is 49.8 Å². The van der Waals surface area contributed by atoms with Crippen LogP contribution in [0.4, 0.5) is 0 Å². The van der Waals surface area contributed by atoms with Crippen LogP contribution in [-0.4, -0.2) is 53.8 Å². The van der Waals surface area contributed by atoms with Gasteiger partial charge in [-0.25, -0.2) is 0 Å². The maximum Gasteiger partial charge on any atom is 0.261 e. The molecule has 0 bridgehead atoms. The van der Waals surface area contributed by atoms with Gasteiger partial charge in [0.1, 0.15) is 6.54 Å². The van der Waals surface area contributed by atoms with Crippen LogP contribution in [0.1, 0.15) is 49.7 Å². The number of hydrogen-bond donors (Lipinski definition) is 1. The Hall–Kier alpha value is -1.79. The predicted octanol–water partition coefficient (Wildman–Crippen LogP) is 3.52. The molecule has 3 unspecified atom stereocenters. The Labute approximate surface area is 177 Å². The number of hydrogen-bond acceptors (Lipinski definition) is 4. The zero-order valence-electron chi connectivity index (χ0n) is 17.1. The van der Waals surface area contributed by atoms with Gasteiger partial charge in [-0.15, -0.1) is 11.8 Å². The van der Waals surface area contributed by atoms with E-state index in [1.54, 1.807) is 11.8 Å². The summed E-state index contributed by atoms with van der Waals surface area (Å²) in [6, 6.07) is 8.27. The Morgan fingerprint density at radius 1 is 1.24 bits per heavy atom. The molecule has 2 aliphatic heterocycles. The molecule has 3 atom stereocenters. The normalized spacial score (nSPS) is 28.4. The second kappa shape index (κ2) is 9.35. The highest BCUT2D eigenvalue weighted by Gasteiger charge is 2.41. The van der Waals surface area contributed by atoms with E-state index in [1.807, 2.05) is 29.2 Å². The van der Waals surface area contributed by atoms with Crippen LogP contribution >= 0.6 is 11.8 Å². The smallest absolute Gasteiger partial charge is 0.261 e. The minimum absolute atomic E-state index is 0.00586. The van der Waals surface area contributed by atoms with Gasteiger partial charge in [0.05, 0.1) is 11.0 Å². The SMILES string of the molecule is Cc1ccccc1/C=C1\SC2CCCCC2N(CC(=O)NCC2CCCO2)C1=O. The molecule has 29 heavy (non-hydrogen) atoms. The van der Waals surface area contributed by atoms with Crippen molar-refractivity contribution in [3.05, 3.63) is 40.3 Å². The van der Waals surface area contributed by atoms with Gasteiger partial charge >= 0.3 is 0 Å². The summed E-state index contributed by atoms with van der Waals surface area (Å²) in [7, 11) is 0. The zero-order chi connectivity index (χ0) is 20.2. The molecule has 3 aliphatic rings. The summed E-state index contributed by atoms with van der Waals surface area (Å²) in [5, 5.41) is 3.36. The van der Waals surface area contributed by atoms with Crippen molar-refractivity contribution in [1.29, 1.82) is 0 Å². The van der Waals surface area contributed by atoms with Gasteiger partial charge in [-0.1, -0.05) is 37.1 Å². The van der Waals surface area contributed by atoms with Gasteiger partial charge in [-0.3, -0.25) is 9.59 Å². The molecule has 6 heteroatoms. The molecule has 3 fully saturated rings. The summed E-state index contributed by atoms with van der Waals surface area (Å²) in [6.45, 7) is 3.51. The largest absolute Gasteiger partial charge is 0.376 e. The molecule has 2 amide bonds. The molecule has 156 valence electrons. The molecule has 2 heterocycles. The van der Waals surface area contributed by atoms with Crippen molar-refractivity contribution < 1.29 is 14.3 Å². The molecule has 0 radical (unpaired) electrons. The van der Waals surface area contributed by atoms with E-state index < -0.39 is 0 Å². The minimum atomic E-state index is -0.0830. The summed E-state index contributed by atoms with van der Waals surface area (Å²) in [5.41, 5.74) is 2.22. The monoisotopic (exact) mass is 414 g/mol. The van der Waals surface area contributed by atoms with Crippen LogP contribution in [0, 0.1) is 6.92 Å². The number of carbonyl (C=O) groups excluding carboxylic acids is 2. The highest BCUT2D eigenvalue weighted by molar-refractivity contribution is 8.04. The van der Waals surface area contributed by atoms with E-state index in [0.29, 0.717) is 11.8 Å². The standard InChI is InChI=1S/C23H30N2O3S/c1-16-7-2-3-8-17(16)13-21-23(27)25(19-10-4-5-11-20(19)29-21)15-22(26)24-14-18-9-6-12-28-18/h2-3,7-8,13,18-20H,4-6,9-12,14-15H2,1H3,(H,24,26)/b21-13-. The van der Waals surface area contributed by atoms with Crippen molar-refractivity contribution in [3.63, 3.8) is 0 Å². The minimum Gasteiger partial charge on any atom is -0.376 e. The number of thioether (sulfide) groups is 1. The van der Waals surface area contributed by atoms with Gasteiger partial charge < -0.3 is 15.0 Å². The average molecular weight is 415 g/mol. The van der Waals surface area contributed by atoms with Crippen molar-refractivity contribution in [2.75, 3.05) is 19.7 Å². The second-order valence-corrected chi connectivity index (χ2v) is 9.53. The van der Waals surface area contributed by atoms with Crippen LogP contribution in [0.2, 0.25) is 0 Å². The lowest BCUT2D eigenvalue weighted by Gasteiger charge is -2.43. The van der Waals surface area contributed by atoms with E-state index >= 15 is 0 Å². The number of aryl methyl sites for hydroxylation is 1. The molecular formula is C23H30N2O3S. The third-order valence-electron chi connectivity index (χ3n) is 6.16. The number of ether oxygens (including phenoxy) is 1. The second-order valence-electron chi connectivity index (χ2n) is 8.25. The molecule has 0 spiro atoms. The lowest BCUT2D eigenvalue weighted by atomic mass is 9.93. The molecule has 1 aliphatic carbocycles. The van der Waals surface area contributed by atoms with Crippen molar-refractivity contribution in [1.82, 2.24) is 10.2 Å². The van der Waals surface area contributed by atoms with Crippen LogP contribution in [0.3, 0.4) is 0 Å². The lowest BCUT2D eigenvalue weighted by Crippen LogP contribution is -2.54. The number of fused-ring (bicyclic) bond motifs is 1. The van der Waals surface area contributed by atoms with Crippen LogP contribution in [-0.2, 0) is 14.3 Å². The first-order valence-corrected chi connectivity index (χ1v) is 11.6. The Balaban J connectivity index is 1.49. The van der Waals surface area contributed by atoms with Gasteiger partial charge in [0.15, 0.2) is 0 Å². The summed E-state index contributed by atoms with van der Waals surface area (Å²) in [6.07, 6.45) is 8.57. The number of carbonyl (C=O) groups is 2. The zero-order valence-corrected chi connectivity index (χ0v) is 17.9. The summed E-state index contributed by atoms with van der Waals surface area (Å²) < 4.78 is 5.59. The van der Waals surface area contributed by atoms with Crippen LogP contribution in [0.25, 0.3) is 6.08 Å². The maximum absolute atomic E-state index is 13.3. The summed E-state index contributed by atoms with van der Waals surface area (Å²) in [5.74, 6) is -0.0889. The molecule has 4 rings (SSSR count). The van der Waals surface area contributed by atoms with Gasteiger partial charge in [-0.2, -0.15) is 0 Å². The van der Waals surface area contributed by atoms with Gasteiger partial charge in [0.2, 0.25) is 5.91 Å². The third-order valence-corrected chi connectivity index (χ3v) is 7.56. The van der Waals surface area contributed by atoms with Crippen molar-refractivity contribution in [3.8, 4) is 0 Å². The number of rotatable bonds is 5. The van der Waals surface area contributed by atoms with E-state index in [-0.39, 0.29) is 30.5 Å². The lowest BCUT2D eigenvalue weighted by molar-refractivity contribution is -0.135. The molecule has 5 nitrogen and oxygen atoms in total. The Morgan fingerprint density at radius 2 is 2.07 bits per heavy atom. The number of benzene rings is 1. The van der Waals surface area contributed by atoms with Crippen LogP contribution in [0.5, 0.6) is 0 Å². The van der Waals surface area contributed by atoms with Gasteiger partial charge in [0, 0.05) is 24.4 Å².